The molecule has 5 N–H and O–H groups in total. The zero-order valence-corrected chi connectivity index (χ0v) is 28.0. The minimum absolute atomic E-state index is 0.00294. The first-order valence-corrected chi connectivity index (χ1v) is 16.7. The lowest BCUT2D eigenvalue weighted by Gasteiger charge is -2.60. The number of benzene rings is 3. The lowest BCUT2D eigenvalue weighted by molar-refractivity contribution is -0.172. The molecule has 7 rings (SSSR count). The van der Waals surface area contributed by atoms with Gasteiger partial charge in [-0.25, -0.2) is 0 Å². The molecule has 1 fully saturated rings. The number of fused-ring (bicyclic) bond motifs is 9. The van der Waals surface area contributed by atoms with Crippen molar-refractivity contribution < 1.29 is 34.4 Å². The van der Waals surface area contributed by atoms with Crippen molar-refractivity contribution in [3.8, 4) is 23.0 Å². The highest BCUT2D eigenvalue weighted by atomic mass is 16.7. The lowest BCUT2D eigenvalue weighted by atomic mass is 9.73. The largest absolute Gasteiger partial charge is 0.507 e. The van der Waals surface area contributed by atoms with E-state index in [9.17, 15) is 24.9 Å². The first-order chi connectivity index (χ1) is 23.0. The van der Waals surface area contributed by atoms with E-state index in [4.69, 9.17) is 9.47 Å². The molecule has 48 heavy (non-hydrogen) atoms. The number of aliphatic hydroxyl groups excluding tert-OH is 1. The number of phenols is 2. The number of nitrogens with one attached hydrogen (secondary N) is 2. The SMILES string of the molecule is Cc1cc2c(c(O)c1C)[C@@H]1C3Cc4c(O)c(C)c5c(c4[C@H](CNC(=O)[C@H](C)NC(=O)CCc4ccccc4)N3[C@@H](O)[C@H](C2)N1C)OCO5. The standard InChI is InChI=1S/C37H44N4O7/c1-18-13-23-14-26-37(46)41-25(31(40(26)5)29(23)33(44)19(18)2)15-24-30(35-34(47-17-48-35)20(3)32(24)43)27(41)16-38-36(45)21(4)39-28(42)12-11-22-9-7-6-8-10-22/h6-10,13,21,25-27,31,37,43-44,46H,11-12,14-17H2,1-5H3,(H,38,45)(H,39,42)/t21-,25?,26-,27-,31-,37-/m0/s1. The number of piperazine rings is 1. The minimum atomic E-state index is -0.931. The van der Waals surface area contributed by atoms with Gasteiger partial charge in [0.1, 0.15) is 23.8 Å². The number of aliphatic hydroxyl groups is 1. The van der Waals surface area contributed by atoms with E-state index in [1.165, 1.54) is 0 Å². The van der Waals surface area contributed by atoms with Crippen molar-refractivity contribution in [2.24, 2.45) is 0 Å². The minimum Gasteiger partial charge on any atom is -0.507 e. The predicted octanol–water partition coefficient (Wildman–Crippen LogP) is 3.20. The summed E-state index contributed by atoms with van der Waals surface area (Å²) in [6.07, 6.45) is 0.807. The summed E-state index contributed by atoms with van der Waals surface area (Å²) in [5, 5.41) is 41.1. The Labute approximate surface area is 280 Å². The van der Waals surface area contributed by atoms with Crippen LogP contribution in [0.1, 0.15) is 69.9 Å². The maximum atomic E-state index is 13.5. The smallest absolute Gasteiger partial charge is 0.242 e. The molecule has 0 radical (unpaired) electrons. The zero-order chi connectivity index (χ0) is 34.0. The van der Waals surface area contributed by atoms with Gasteiger partial charge >= 0.3 is 0 Å². The van der Waals surface area contributed by atoms with Crippen molar-refractivity contribution in [1.82, 2.24) is 20.4 Å². The Hall–Kier alpha value is -4.32. The molecule has 3 aromatic carbocycles. The summed E-state index contributed by atoms with van der Waals surface area (Å²) >= 11 is 0. The highest BCUT2D eigenvalue weighted by molar-refractivity contribution is 5.87. The van der Waals surface area contributed by atoms with Gasteiger partial charge in [-0.05, 0) is 76.3 Å². The molecule has 0 aromatic heterocycles. The van der Waals surface area contributed by atoms with Gasteiger partial charge in [0.25, 0.3) is 0 Å². The van der Waals surface area contributed by atoms with E-state index in [-0.39, 0.29) is 61.2 Å². The molecule has 6 atom stereocenters. The van der Waals surface area contributed by atoms with Crippen LogP contribution in [0, 0.1) is 20.8 Å². The van der Waals surface area contributed by atoms with Crippen LogP contribution in [0.5, 0.6) is 23.0 Å². The zero-order valence-electron chi connectivity index (χ0n) is 28.0. The number of carbonyl (C=O) groups is 2. The van der Waals surface area contributed by atoms with Crippen LogP contribution in [0.3, 0.4) is 0 Å². The number of phenolic OH excluding ortho intramolecular Hbond substituents is 2. The van der Waals surface area contributed by atoms with Crippen LogP contribution >= 0.6 is 0 Å². The number of hydrogen-bond acceptors (Lipinski definition) is 9. The fourth-order valence-electron chi connectivity index (χ4n) is 8.35. The van der Waals surface area contributed by atoms with Gasteiger partial charge in [0.05, 0.1) is 18.1 Å². The summed E-state index contributed by atoms with van der Waals surface area (Å²) in [6.45, 7) is 7.42. The van der Waals surface area contributed by atoms with E-state index in [1.807, 2.05) is 56.1 Å². The molecule has 0 spiro atoms. The molecule has 0 aliphatic carbocycles. The summed E-state index contributed by atoms with van der Waals surface area (Å²) in [5.74, 6) is 0.734. The Morgan fingerprint density at radius 2 is 1.71 bits per heavy atom. The highest BCUT2D eigenvalue weighted by Crippen LogP contribution is 2.57. The molecule has 11 nitrogen and oxygen atoms in total. The van der Waals surface area contributed by atoms with Crippen molar-refractivity contribution in [1.29, 1.82) is 0 Å². The van der Waals surface area contributed by atoms with Crippen LogP contribution < -0.4 is 20.1 Å². The van der Waals surface area contributed by atoms with Gasteiger partial charge in [-0.15, -0.1) is 0 Å². The second-order valence-corrected chi connectivity index (χ2v) is 13.7. The Morgan fingerprint density at radius 1 is 0.979 bits per heavy atom. The van der Waals surface area contributed by atoms with Crippen molar-refractivity contribution in [2.45, 2.75) is 89.8 Å². The molecule has 1 unspecified atom stereocenters. The van der Waals surface area contributed by atoms with Crippen LogP contribution in [0.4, 0.5) is 0 Å². The average molecular weight is 657 g/mol. The number of amides is 2. The summed E-state index contributed by atoms with van der Waals surface area (Å²) in [5.41, 5.74) is 6.64. The molecule has 1 saturated heterocycles. The van der Waals surface area contributed by atoms with Gasteiger partial charge in [-0.3, -0.25) is 19.4 Å². The van der Waals surface area contributed by atoms with Crippen molar-refractivity contribution in [3.05, 3.63) is 80.9 Å². The summed E-state index contributed by atoms with van der Waals surface area (Å²) in [6, 6.07) is 9.50. The van der Waals surface area contributed by atoms with E-state index in [2.05, 4.69) is 21.6 Å². The molecule has 11 heteroatoms. The molecule has 2 bridgehead atoms. The maximum Gasteiger partial charge on any atom is 0.242 e. The quantitative estimate of drug-likeness (QED) is 0.259. The first-order valence-electron chi connectivity index (χ1n) is 16.7. The van der Waals surface area contributed by atoms with Gasteiger partial charge in [0.15, 0.2) is 11.5 Å². The van der Waals surface area contributed by atoms with Crippen molar-refractivity contribution in [2.75, 3.05) is 20.4 Å². The summed E-state index contributed by atoms with van der Waals surface area (Å²) < 4.78 is 11.8. The second-order valence-electron chi connectivity index (χ2n) is 13.7. The Bertz CT molecular complexity index is 1780. The molecule has 0 saturated carbocycles. The molecular formula is C37H44N4O7. The molecule has 4 aliphatic rings. The number of likely N-dealkylation sites (N-methyl/N-ethyl adjacent to an activating group) is 1. The molecule has 4 aliphatic heterocycles. The number of hydrogen-bond donors (Lipinski definition) is 5. The van der Waals surface area contributed by atoms with Gasteiger partial charge in [-0.1, -0.05) is 36.4 Å². The number of carbonyl (C=O) groups excluding carboxylic acids is 2. The summed E-state index contributed by atoms with van der Waals surface area (Å²) in [4.78, 5) is 30.4. The van der Waals surface area contributed by atoms with Crippen LogP contribution in [0.2, 0.25) is 0 Å². The van der Waals surface area contributed by atoms with Crippen LogP contribution in [-0.4, -0.2) is 81.7 Å². The molecule has 254 valence electrons. The number of ether oxygens (including phenoxy) is 2. The Kier molecular flexibility index (Phi) is 8.25. The number of aromatic hydroxyl groups is 2. The third-order valence-corrected chi connectivity index (χ3v) is 11.0. The third kappa shape index (κ3) is 5.15. The van der Waals surface area contributed by atoms with Crippen molar-refractivity contribution in [3.63, 3.8) is 0 Å². The molecule has 2 amide bonds. The fraction of sp³-hybridized carbons (Fsp3) is 0.459. The number of nitrogens with zero attached hydrogens (tertiary/aromatic N) is 2. The average Bonchev–Trinajstić information content (AvgIpc) is 3.57. The topological polar surface area (TPSA) is 144 Å². The summed E-state index contributed by atoms with van der Waals surface area (Å²) in [7, 11) is 1.98. The van der Waals surface area contributed by atoms with E-state index >= 15 is 0 Å². The van der Waals surface area contributed by atoms with E-state index in [0.717, 1.165) is 27.8 Å². The first kappa shape index (κ1) is 32.2. The Morgan fingerprint density at radius 3 is 2.46 bits per heavy atom. The Balaban J connectivity index is 1.21. The second kappa shape index (κ2) is 12.3. The van der Waals surface area contributed by atoms with E-state index in [1.54, 1.807) is 13.8 Å². The van der Waals surface area contributed by atoms with Gasteiger partial charge in [0.2, 0.25) is 18.6 Å². The normalized spacial score (nSPS) is 24.7. The van der Waals surface area contributed by atoms with Crippen LogP contribution in [0.25, 0.3) is 0 Å². The molecule has 3 aromatic rings. The van der Waals surface area contributed by atoms with Gasteiger partial charge in [0, 0.05) is 41.3 Å². The third-order valence-electron chi connectivity index (χ3n) is 11.0. The number of aryl methyl sites for hydroxylation is 2. The van der Waals surface area contributed by atoms with E-state index in [0.29, 0.717) is 47.5 Å². The van der Waals surface area contributed by atoms with E-state index < -0.39 is 18.3 Å². The molecular weight excluding hydrogens is 612 g/mol. The lowest BCUT2D eigenvalue weighted by Crippen LogP contribution is -2.69. The predicted molar refractivity (Wildman–Crippen MR) is 178 cm³/mol. The number of rotatable bonds is 7. The molecule has 4 heterocycles. The van der Waals surface area contributed by atoms with Crippen LogP contribution in [0.15, 0.2) is 36.4 Å². The monoisotopic (exact) mass is 656 g/mol. The van der Waals surface area contributed by atoms with Crippen molar-refractivity contribution >= 4 is 11.8 Å². The van der Waals surface area contributed by atoms with Crippen LogP contribution in [-0.2, 0) is 28.9 Å². The highest BCUT2D eigenvalue weighted by Gasteiger charge is 2.56. The fourth-order valence-corrected chi connectivity index (χ4v) is 8.35. The maximum absolute atomic E-state index is 13.5. The van der Waals surface area contributed by atoms with Gasteiger partial charge in [-0.2, -0.15) is 0 Å². The van der Waals surface area contributed by atoms with Gasteiger partial charge < -0.3 is 35.4 Å².